The minimum atomic E-state index is -3.58. The average molecular weight is 415 g/mol. The Balaban J connectivity index is 1.60. The van der Waals surface area contributed by atoms with Crippen LogP contribution < -0.4 is 5.32 Å². The van der Waals surface area contributed by atoms with E-state index in [9.17, 15) is 13.2 Å². The van der Waals surface area contributed by atoms with Gasteiger partial charge in [0.25, 0.3) is 10.0 Å². The van der Waals surface area contributed by atoms with Gasteiger partial charge < -0.3 is 5.32 Å². The first-order chi connectivity index (χ1) is 12.3. The van der Waals surface area contributed by atoms with Gasteiger partial charge in [0.1, 0.15) is 0 Å². The molecule has 10 heteroatoms. The number of thiazole rings is 1. The number of anilines is 1. The molecular formula is C16H19ClN4O3S2. The number of nitrogens with one attached hydrogen (secondary N) is 1. The summed E-state index contributed by atoms with van der Waals surface area (Å²) in [5, 5.41) is 3.50. The van der Waals surface area contributed by atoms with Gasteiger partial charge in [-0.15, -0.1) is 0 Å². The van der Waals surface area contributed by atoms with Gasteiger partial charge in [0, 0.05) is 44.7 Å². The average Bonchev–Trinajstić information content (AvgIpc) is 3.06. The molecule has 0 unspecified atom stereocenters. The van der Waals surface area contributed by atoms with Crippen LogP contribution in [0, 0.1) is 0 Å². The second-order valence-electron chi connectivity index (χ2n) is 5.97. The third-order valence-corrected chi connectivity index (χ3v) is 7.51. The van der Waals surface area contributed by atoms with Crippen LogP contribution in [0.2, 0.25) is 5.02 Å². The molecule has 1 saturated heterocycles. The van der Waals surface area contributed by atoms with E-state index in [0.29, 0.717) is 31.2 Å². The van der Waals surface area contributed by atoms with Gasteiger partial charge in [-0.1, -0.05) is 35.1 Å². The van der Waals surface area contributed by atoms with Crippen molar-refractivity contribution >= 4 is 44.0 Å². The summed E-state index contributed by atoms with van der Waals surface area (Å²) in [6, 6.07) is 7.67. The predicted molar refractivity (Wildman–Crippen MR) is 102 cm³/mol. The Morgan fingerprint density at radius 2 is 1.88 bits per heavy atom. The molecular weight excluding hydrogens is 396 g/mol. The van der Waals surface area contributed by atoms with Crippen molar-refractivity contribution in [2.75, 3.05) is 31.5 Å². The molecule has 1 aliphatic rings. The molecule has 1 aliphatic heterocycles. The molecule has 0 radical (unpaired) electrons. The van der Waals surface area contributed by atoms with Crippen molar-refractivity contribution in [2.24, 2.45) is 0 Å². The first kappa shape index (κ1) is 19.2. The molecule has 0 atom stereocenters. The molecule has 3 rings (SSSR count). The number of benzene rings is 1. The SMILES string of the molecule is CC(=O)Nc1ncc(S(=O)(=O)N2CCN(Cc3ccc(Cl)cc3)CC2)s1. The summed E-state index contributed by atoms with van der Waals surface area (Å²) in [5.74, 6) is -0.279. The lowest BCUT2D eigenvalue weighted by Crippen LogP contribution is -2.48. The molecule has 26 heavy (non-hydrogen) atoms. The third-order valence-electron chi connectivity index (χ3n) is 4.01. The monoisotopic (exact) mass is 414 g/mol. The highest BCUT2D eigenvalue weighted by atomic mass is 35.5. The van der Waals surface area contributed by atoms with Crippen molar-refractivity contribution in [2.45, 2.75) is 17.7 Å². The van der Waals surface area contributed by atoms with Crippen LogP contribution in [0.15, 0.2) is 34.7 Å². The number of piperazine rings is 1. The van der Waals surface area contributed by atoms with Crippen LogP contribution in [0.25, 0.3) is 0 Å². The largest absolute Gasteiger partial charge is 0.302 e. The second-order valence-corrected chi connectivity index (χ2v) is 9.60. The van der Waals surface area contributed by atoms with Crippen LogP contribution in [-0.2, 0) is 21.4 Å². The Hall–Kier alpha value is -1.52. The fraction of sp³-hybridized carbons (Fsp3) is 0.375. The zero-order chi connectivity index (χ0) is 18.7. The molecule has 1 fully saturated rings. The van der Waals surface area contributed by atoms with Crippen molar-refractivity contribution in [1.29, 1.82) is 0 Å². The lowest BCUT2D eigenvalue weighted by molar-refractivity contribution is -0.114. The third kappa shape index (κ3) is 4.60. The van der Waals surface area contributed by atoms with Gasteiger partial charge in [-0.25, -0.2) is 13.4 Å². The van der Waals surface area contributed by atoms with Gasteiger partial charge in [0.05, 0.1) is 6.20 Å². The Labute approximate surface area is 161 Å². The number of halogens is 1. The lowest BCUT2D eigenvalue weighted by Gasteiger charge is -2.33. The number of aromatic nitrogens is 1. The summed E-state index contributed by atoms with van der Waals surface area (Å²) in [6.07, 6.45) is 1.30. The number of sulfonamides is 1. The van der Waals surface area contributed by atoms with E-state index in [1.807, 2.05) is 24.3 Å². The zero-order valence-corrected chi connectivity index (χ0v) is 16.6. The summed E-state index contributed by atoms with van der Waals surface area (Å²) in [4.78, 5) is 17.2. The second kappa shape index (κ2) is 8.01. The van der Waals surface area contributed by atoms with E-state index in [2.05, 4.69) is 15.2 Å². The highest BCUT2D eigenvalue weighted by Crippen LogP contribution is 2.26. The maximum absolute atomic E-state index is 12.7. The zero-order valence-electron chi connectivity index (χ0n) is 14.2. The van der Waals surface area contributed by atoms with Gasteiger partial charge in [-0.05, 0) is 17.7 Å². The van der Waals surface area contributed by atoms with Gasteiger partial charge in [-0.3, -0.25) is 9.69 Å². The topological polar surface area (TPSA) is 82.6 Å². The van der Waals surface area contributed by atoms with Gasteiger partial charge in [0.2, 0.25) is 5.91 Å². The van der Waals surface area contributed by atoms with Gasteiger partial charge in [-0.2, -0.15) is 4.31 Å². The summed E-state index contributed by atoms with van der Waals surface area (Å²) < 4.78 is 27.1. The molecule has 1 N–H and O–H groups in total. The quantitative estimate of drug-likeness (QED) is 0.811. The van der Waals surface area contributed by atoms with Crippen LogP contribution in [0.3, 0.4) is 0 Å². The Morgan fingerprint density at radius 3 is 2.50 bits per heavy atom. The van der Waals surface area contributed by atoms with E-state index in [-0.39, 0.29) is 15.2 Å². The maximum atomic E-state index is 12.7. The molecule has 0 saturated carbocycles. The van der Waals surface area contributed by atoms with Crippen molar-refractivity contribution in [3.8, 4) is 0 Å². The number of hydrogen-bond acceptors (Lipinski definition) is 6. The molecule has 1 aromatic heterocycles. The van der Waals surface area contributed by atoms with E-state index >= 15 is 0 Å². The molecule has 2 heterocycles. The number of carbonyl (C=O) groups excluding carboxylic acids is 1. The van der Waals surface area contributed by atoms with Crippen LogP contribution in [0.4, 0.5) is 5.13 Å². The van der Waals surface area contributed by atoms with Crippen molar-refractivity contribution in [3.05, 3.63) is 41.0 Å². The molecule has 0 bridgehead atoms. The molecule has 0 spiro atoms. The van der Waals surface area contributed by atoms with E-state index in [0.717, 1.165) is 23.4 Å². The summed E-state index contributed by atoms with van der Waals surface area (Å²) in [5.41, 5.74) is 1.15. The number of rotatable bonds is 5. The van der Waals surface area contributed by atoms with Crippen molar-refractivity contribution in [1.82, 2.24) is 14.2 Å². The molecule has 1 amide bonds. The van der Waals surface area contributed by atoms with Crippen LogP contribution in [0.5, 0.6) is 0 Å². The van der Waals surface area contributed by atoms with E-state index in [1.165, 1.54) is 17.4 Å². The maximum Gasteiger partial charge on any atom is 0.254 e. The minimum Gasteiger partial charge on any atom is -0.302 e. The number of nitrogens with zero attached hydrogens (tertiary/aromatic N) is 3. The smallest absolute Gasteiger partial charge is 0.254 e. The first-order valence-corrected chi connectivity index (χ1v) is 10.7. The summed E-state index contributed by atoms with van der Waals surface area (Å²) >= 11 is 6.86. The van der Waals surface area contributed by atoms with Gasteiger partial charge in [0.15, 0.2) is 9.34 Å². The van der Waals surface area contributed by atoms with Crippen molar-refractivity contribution < 1.29 is 13.2 Å². The fourth-order valence-electron chi connectivity index (χ4n) is 2.69. The molecule has 1 aromatic carbocycles. The van der Waals surface area contributed by atoms with Gasteiger partial charge >= 0.3 is 0 Å². The molecule has 7 nitrogen and oxygen atoms in total. The summed E-state index contributed by atoms with van der Waals surface area (Å²) in [6.45, 7) is 4.26. The highest BCUT2D eigenvalue weighted by Gasteiger charge is 2.30. The standard InChI is InChI=1S/C16H19ClN4O3S2/c1-12(22)19-16-18-10-15(25-16)26(23,24)21-8-6-20(7-9-21)11-13-2-4-14(17)5-3-13/h2-5,10H,6-9,11H2,1H3,(H,18,19,22). The number of hydrogen-bond donors (Lipinski definition) is 1. The fourth-order valence-corrected chi connectivity index (χ4v) is 5.47. The number of amides is 1. The van der Waals surface area contributed by atoms with E-state index < -0.39 is 10.0 Å². The van der Waals surface area contributed by atoms with Crippen LogP contribution >= 0.6 is 22.9 Å². The van der Waals surface area contributed by atoms with Crippen LogP contribution in [0.1, 0.15) is 12.5 Å². The first-order valence-electron chi connectivity index (χ1n) is 8.05. The summed E-state index contributed by atoms with van der Waals surface area (Å²) in [7, 11) is -3.58. The molecule has 0 aliphatic carbocycles. The Morgan fingerprint density at radius 1 is 1.23 bits per heavy atom. The predicted octanol–water partition coefficient (Wildman–Crippen LogP) is 2.26. The van der Waals surface area contributed by atoms with Crippen LogP contribution in [-0.4, -0.2) is 54.7 Å². The molecule has 2 aromatic rings. The lowest BCUT2D eigenvalue weighted by atomic mass is 10.2. The minimum absolute atomic E-state index is 0.146. The van der Waals surface area contributed by atoms with Crippen molar-refractivity contribution in [3.63, 3.8) is 0 Å². The Bertz CT molecular complexity index is 875. The van der Waals surface area contributed by atoms with E-state index in [4.69, 9.17) is 11.6 Å². The number of carbonyl (C=O) groups is 1. The normalized spacial score (nSPS) is 16.5. The van der Waals surface area contributed by atoms with E-state index in [1.54, 1.807) is 0 Å². The Kier molecular flexibility index (Phi) is 5.93. The molecule has 140 valence electrons. The highest BCUT2D eigenvalue weighted by molar-refractivity contribution is 7.91.